The number of carbonyl (C=O) groups is 1. The van der Waals surface area contributed by atoms with Crippen LogP contribution >= 0.6 is 0 Å². The lowest BCUT2D eigenvalue weighted by Gasteiger charge is -2.29. The van der Waals surface area contributed by atoms with Crippen LogP contribution in [0.2, 0.25) is 0 Å². The first-order valence-electron chi connectivity index (χ1n) is 6.64. The Hall–Kier alpha value is -2.61. The molecule has 1 atom stereocenters. The highest BCUT2D eigenvalue weighted by molar-refractivity contribution is 5.95. The molecule has 0 aromatic heterocycles. The monoisotopic (exact) mass is 261 g/mol. The normalized spacial score (nSPS) is 17.2. The van der Waals surface area contributed by atoms with E-state index in [1.807, 2.05) is 85.1 Å². The van der Waals surface area contributed by atoms with E-state index in [0.717, 1.165) is 5.56 Å². The van der Waals surface area contributed by atoms with E-state index in [0.29, 0.717) is 5.56 Å². The summed E-state index contributed by atoms with van der Waals surface area (Å²) in [4.78, 5) is 14.4. The molecule has 20 heavy (non-hydrogen) atoms. The van der Waals surface area contributed by atoms with Crippen molar-refractivity contribution in [1.29, 1.82) is 0 Å². The van der Waals surface area contributed by atoms with E-state index < -0.39 is 0 Å². The van der Waals surface area contributed by atoms with Gasteiger partial charge in [0.25, 0.3) is 5.91 Å². The van der Waals surface area contributed by atoms with Gasteiger partial charge in [0.15, 0.2) is 0 Å². The Kier molecular flexibility index (Phi) is 3.46. The smallest absolute Gasteiger partial charge is 0.258 e. The van der Waals surface area contributed by atoms with Crippen LogP contribution in [0.25, 0.3) is 0 Å². The quantitative estimate of drug-likeness (QED) is 0.801. The van der Waals surface area contributed by atoms with Crippen molar-refractivity contribution >= 4 is 5.91 Å². The molecule has 0 bridgehead atoms. The van der Waals surface area contributed by atoms with Crippen LogP contribution in [0.4, 0.5) is 0 Å². The third kappa shape index (κ3) is 2.41. The summed E-state index contributed by atoms with van der Waals surface area (Å²) in [5.41, 5.74) is 1.81. The molecule has 0 radical (unpaired) electrons. The van der Waals surface area contributed by atoms with E-state index in [1.54, 1.807) is 4.90 Å². The van der Waals surface area contributed by atoms with Gasteiger partial charge in [-0.15, -0.1) is 0 Å². The first kappa shape index (κ1) is 12.4. The molecule has 98 valence electrons. The summed E-state index contributed by atoms with van der Waals surface area (Å²) in [6, 6.07) is 19.4. The zero-order chi connectivity index (χ0) is 13.8. The molecular weight excluding hydrogens is 246 g/mol. The van der Waals surface area contributed by atoms with Crippen LogP contribution in [-0.4, -0.2) is 10.8 Å². The number of hydrogen-bond donors (Lipinski definition) is 0. The van der Waals surface area contributed by atoms with Gasteiger partial charge in [0, 0.05) is 11.8 Å². The highest BCUT2D eigenvalue weighted by Crippen LogP contribution is 2.26. The molecule has 1 amide bonds. The first-order valence-corrected chi connectivity index (χ1v) is 6.64. The lowest BCUT2D eigenvalue weighted by molar-refractivity contribution is 0.0790. The van der Waals surface area contributed by atoms with E-state index in [9.17, 15) is 4.79 Å². The second kappa shape index (κ2) is 5.57. The minimum atomic E-state index is -0.0473. The van der Waals surface area contributed by atoms with Crippen LogP contribution in [0, 0.1) is 0 Å². The molecule has 0 saturated carbocycles. The Morgan fingerprint density at radius 1 is 0.850 bits per heavy atom. The van der Waals surface area contributed by atoms with Crippen molar-refractivity contribution in [1.82, 2.24) is 4.90 Å². The maximum Gasteiger partial charge on any atom is 0.258 e. The minimum absolute atomic E-state index is 0.0139. The predicted molar refractivity (Wildman–Crippen MR) is 80.1 cm³/mol. The van der Waals surface area contributed by atoms with Crippen molar-refractivity contribution in [2.45, 2.75) is 6.04 Å². The van der Waals surface area contributed by atoms with E-state index >= 15 is 0 Å². The second-order valence-electron chi connectivity index (χ2n) is 4.66. The van der Waals surface area contributed by atoms with Gasteiger partial charge in [0.1, 0.15) is 0 Å². The van der Waals surface area contributed by atoms with Crippen LogP contribution in [0.3, 0.4) is 0 Å². The summed E-state index contributed by atoms with van der Waals surface area (Å²) in [6.45, 7) is 0. The van der Waals surface area contributed by atoms with Gasteiger partial charge in [-0.2, -0.15) is 0 Å². The molecule has 2 nitrogen and oxygen atoms in total. The summed E-state index contributed by atoms with van der Waals surface area (Å²) in [5, 5.41) is 0. The van der Waals surface area contributed by atoms with Gasteiger partial charge in [0.05, 0.1) is 6.04 Å². The number of benzene rings is 2. The summed E-state index contributed by atoms with van der Waals surface area (Å²) >= 11 is 0. The van der Waals surface area contributed by atoms with Gasteiger partial charge in [-0.1, -0.05) is 60.7 Å². The van der Waals surface area contributed by atoms with Crippen LogP contribution in [0.5, 0.6) is 0 Å². The number of rotatable bonds is 2. The number of allylic oxidation sites excluding steroid dienone is 2. The number of carbonyl (C=O) groups excluding carboxylic acids is 1. The largest absolute Gasteiger partial charge is 0.304 e. The molecular formula is C18H15NO. The standard InChI is InChI=1S/C18H15NO/c20-18(16-11-5-2-6-12-16)19-14-8-7-13-17(19)15-9-3-1-4-10-15/h1-14,17H. The first-order chi connectivity index (χ1) is 9.86. The summed E-state index contributed by atoms with van der Waals surface area (Å²) in [5.74, 6) is 0.0139. The zero-order valence-corrected chi connectivity index (χ0v) is 11.0. The lowest BCUT2D eigenvalue weighted by Crippen LogP contribution is -2.30. The molecule has 2 aromatic rings. The Morgan fingerprint density at radius 3 is 2.20 bits per heavy atom. The predicted octanol–water partition coefficient (Wildman–Crippen LogP) is 3.95. The molecule has 1 aliphatic heterocycles. The van der Waals surface area contributed by atoms with Crippen molar-refractivity contribution in [2.75, 3.05) is 0 Å². The van der Waals surface area contributed by atoms with E-state index in [-0.39, 0.29) is 11.9 Å². The molecule has 0 fully saturated rings. The van der Waals surface area contributed by atoms with Crippen molar-refractivity contribution in [3.63, 3.8) is 0 Å². The van der Waals surface area contributed by atoms with Gasteiger partial charge in [-0.25, -0.2) is 0 Å². The van der Waals surface area contributed by atoms with Crippen molar-refractivity contribution in [2.24, 2.45) is 0 Å². The third-order valence-electron chi connectivity index (χ3n) is 3.35. The fourth-order valence-electron chi connectivity index (χ4n) is 2.34. The third-order valence-corrected chi connectivity index (χ3v) is 3.35. The van der Waals surface area contributed by atoms with Crippen molar-refractivity contribution in [3.8, 4) is 0 Å². The van der Waals surface area contributed by atoms with Gasteiger partial charge >= 0.3 is 0 Å². The molecule has 0 spiro atoms. The van der Waals surface area contributed by atoms with E-state index in [1.165, 1.54) is 0 Å². The van der Waals surface area contributed by atoms with Gasteiger partial charge < -0.3 is 4.90 Å². The highest BCUT2D eigenvalue weighted by Gasteiger charge is 2.23. The molecule has 0 aliphatic carbocycles. The van der Waals surface area contributed by atoms with E-state index in [2.05, 4.69) is 0 Å². The molecule has 2 heteroatoms. The topological polar surface area (TPSA) is 20.3 Å². The van der Waals surface area contributed by atoms with Gasteiger partial charge in [-0.05, 0) is 23.8 Å². The molecule has 0 N–H and O–H groups in total. The summed E-state index contributed by atoms with van der Waals surface area (Å²) in [6.07, 6.45) is 7.75. The minimum Gasteiger partial charge on any atom is -0.304 e. The SMILES string of the molecule is O=C(c1ccccc1)N1C=CC=CC1c1ccccc1. The summed E-state index contributed by atoms with van der Waals surface area (Å²) < 4.78 is 0. The average Bonchev–Trinajstić information content (AvgIpc) is 2.56. The Bertz CT molecular complexity index is 644. The fraction of sp³-hybridized carbons (Fsp3) is 0.0556. The molecule has 3 rings (SSSR count). The Morgan fingerprint density at radius 2 is 1.50 bits per heavy atom. The molecule has 0 saturated heterocycles. The highest BCUT2D eigenvalue weighted by atomic mass is 16.2. The van der Waals surface area contributed by atoms with E-state index in [4.69, 9.17) is 0 Å². The molecule has 1 unspecified atom stereocenters. The number of hydrogen-bond acceptors (Lipinski definition) is 1. The number of nitrogens with zero attached hydrogens (tertiary/aromatic N) is 1. The maximum absolute atomic E-state index is 12.6. The second-order valence-corrected chi connectivity index (χ2v) is 4.66. The van der Waals surface area contributed by atoms with Crippen molar-refractivity contribution in [3.05, 3.63) is 96.2 Å². The Labute approximate surface area is 118 Å². The van der Waals surface area contributed by atoms with Crippen LogP contribution in [0.15, 0.2) is 85.1 Å². The van der Waals surface area contributed by atoms with Gasteiger partial charge in [0.2, 0.25) is 0 Å². The van der Waals surface area contributed by atoms with Crippen LogP contribution in [-0.2, 0) is 0 Å². The lowest BCUT2D eigenvalue weighted by atomic mass is 10.0. The maximum atomic E-state index is 12.6. The van der Waals surface area contributed by atoms with Crippen molar-refractivity contribution < 1.29 is 4.79 Å². The molecule has 1 heterocycles. The van der Waals surface area contributed by atoms with Crippen LogP contribution < -0.4 is 0 Å². The summed E-state index contributed by atoms with van der Waals surface area (Å²) in [7, 11) is 0. The Balaban J connectivity index is 1.93. The molecule has 2 aromatic carbocycles. The van der Waals surface area contributed by atoms with Gasteiger partial charge in [-0.3, -0.25) is 4.79 Å². The zero-order valence-electron chi connectivity index (χ0n) is 11.0. The number of amides is 1. The van der Waals surface area contributed by atoms with Crippen LogP contribution in [0.1, 0.15) is 22.0 Å². The fourth-order valence-corrected chi connectivity index (χ4v) is 2.34. The molecule has 1 aliphatic rings. The average molecular weight is 261 g/mol.